The minimum Gasteiger partial charge on any atom is -0.444 e. The molecule has 1 atom stereocenters. The second-order valence-corrected chi connectivity index (χ2v) is 12.0. The number of carbonyl (C=O) groups is 3. The summed E-state index contributed by atoms with van der Waals surface area (Å²) in [6, 6.07) is 9.52. The number of hydrogen-bond donors (Lipinski definition) is 1. The second kappa shape index (κ2) is 9.80. The summed E-state index contributed by atoms with van der Waals surface area (Å²) in [5.41, 5.74) is 3.81. The van der Waals surface area contributed by atoms with E-state index < -0.39 is 11.6 Å². The standard InChI is InChI=1S/C31H35N5O4/c1-19-8-10-26(28(37)33-19)36-25-11-9-21(23-6-5-7-24(27(23)25)29(36)38)16-20-17-32-35(18-20)22-12-14-34(15-13-22)30(39)40-31(2,3)4/h5-7,9,11,17-18,22,26H,1,8,10,12-16H2,2-4H3,(H,33,37). The van der Waals surface area contributed by atoms with Crippen LogP contribution in [0.15, 0.2) is 55.0 Å². The van der Waals surface area contributed by atoms with E-state index in [4.69, 9.17) is 4.74 Å². The third-order valence-corrected chi connectivity index (χ3v) is 7.99. The van der Waals surface area contributed by atoms with Crippen molar-refractivity contribution < 1.29 is 19.1 Å². The Labute approximate surface area is 233 Å². The van der Waals surface area contributed by atoms with Crippen LogP contribution in [0.2, 0.25) is 0 Å². The van der Waals surface area contributed by atoms with Crippen molar-refractivity contribution in [1.29, 1.82) is 0 Å². The van der Waals surface area contributed by atoms with E-state index in [0.29, 0.717) is 43.6 Å². The number of amides is 3. The van der Waals surface area contributed by atoms with Crippen molar-refractivity contribution in [3.63, 3.8) is 0 Å². The first-order valence-corrected chi connectivity index (χ1v) is 14.0. The van der Waals surface area contributed by atoms with Gasteiger partial charge in [-0.25, -0.2) is 4.79 Å². The molecule has 1 N–H and O–H groups in total. The lowest BCUT2D eigenvalue weighted by Crippen LogP contribution is -2.51. The van der Waals surface area contributed by atoms with Gasteiger partial charge in [0, 0.05) is 42.4 Å². The molecule has 4 heterocycles. The highest BCUT2D eigenvalue weighted by molar-refractivity contribution is 6.27. The molecule has 3 amide bonds. The van der Waals surface area contributed by atoms with Crippen LogP contribution in [0, 0.1) is 0 Å². The van der Waals surface area contributed by atoms with Crippen molar-refractivity contribution in [3.05, 3.63) is 71.7 Å². The average Bonchev–Trinajstić information content (AvgIpc) is 3.49. The Morgan fingerprint density at radius 3 is 2.62 bits per heavy atom. The number of allylic oxidation sites excluding steroid dienone is 1. The van der Waals surface area contributed by atoms with Crippen LogP contribution in [0.4, 0.5) is 10.5 Å². The van der Waals surface area contributed by atoms with E-state index in [2.05, 4.69) is 29.3 Å². The molecule has 208 valence electrons. The Balaban J connectivity index is 1.19. The molecule has 0 bridgehead atoms. The van der Waals surface area contributed by atoms with Gasteiger partial charge in [-0.1, -0.05) is 24.8 Å². The zero-order chi connectivity index (χ0) is 28.2. The number of rotatable bonds is 4. The zero-order valence-corrected chi connectivity index (χ0v) is 23.3. The van der Waals surface area contributed by atoms with Crippen molar-refractivity contribution in [2.75, 3.05) is 18.0 Å². The number of ether oxygens (including phenoxy) is 1. The van der Waals surface area contributed by atoms with Crippen LogP contribution in [0.5, 0.6) is 0 Å². The molecule has 6 rings (SSSR count). The van der Waals surface area contributed by atoms with Crippen LogP contribution in [0.1, 0.15) is 74.0 Å². The molecule has 0 radical (unpaired) electrons. The van der Waals surface area contributed by atoms with Crippen molar-refractivity contribution in [2.45, 2.75) is 70.6 Å². The average molecular weight is 542 g/mol. The molecule has 2 fully saturated rings. The van der Waals surface area contributed by atoms with Crippen molar-refractivity contribution in [1.82, 2.24) is 20.0 Å². The van der Waals surface area contributed by atoms with E-state index in [1.54, 1.807) is 9.80 Å². The van der Waals surface area contributed by atoms with Gasteiger partial charge in [-0.05, 0) is 75.1 Å². The Morgan fingerprint density at radius 2 is 1.90 bits per heavy atom. The van der Waals surface area contributed by atoms with Gasteiger partial charge in [0.15, 0.2) is 0 Å². The monoisotopic (exact) mass is 541 g/mol. The summed E-state index contributed by atoms with van der Waals surface area (Å²) in [6.07, 6.45) is 7.27. The molecule has 0 saturated carbocycles. The number of hydrogen-bond acceptors (Lipinski definition) is 5. The van der Waals surface area contributed by atoms with Crippen molar-refractivity contribution in [3.8, 4) is 0 Å². The van der Waals surface area contributed by atoms with E-state index in [0.717, 1.165) is 40.4 Å². The molecule has 3 aromatic rings. The maximum absolute atomic E-state index is 13.5. The number of piperidine rings is 2. The number of likely N-dealkylation sites (tertiary alicyclic amines) is 1. The molecular weight excluding hydrogens is 506 g/mol. The van der Waals surface area contributed by atoms with Gasteiger partial charge in [-0.15, -0.1) is 0 Å². The van der Waals surface area contributed by atoms with E-state index in [-0.39, 0.29) is 23.9 Å². The van der Waals surface area contributed by atoms with E-state index >= 15 is 0 Å². The number of aromatic nitrogens is 2. The topological polar surface area (TPSA) is 96.8 Å². The van der Waals surface area contributed by atoms with Gasteiger partial charge in [-0.3, -0.25) is 19.2 Å². The first-order chi connectivity index (χ1) is 19.1. The fourth-order valence-corrected chi connectivity index (χ4v) is 6.07. The molecule has 40 heavy (non-hydrogen) atoms. The summed E-state index contributed by atoms with van der Waals surface area (Å²) < 4.78 is 7.54. The summed E-state index contributed by atoms with van der Waals surface area (Å²) in [5.74, 6) is -0.310. The minimum atomic E-state index is -0.542. The Kier molecular flexibility index (Phi) is 6.40. The highest BCUT2D eigenvalue weighted by atomic mass is 16.6. The lowest BCUT2D eigenvalue weighted by atomic mass is 9.97. The van der Waals surface area contributed by atoms with Crippen LogP contribution in [0.3, 0.4) is 0 Å². The molecule has 0 spiro atoms. The summed E-state index contributed by atoms with van der Waals surface area (Å²) in [7, 11) is 0. The predicted octanol–water partition coefficient (Wildman–Crippen LogP) is 4.95. The van der Waals surface area contributed by atoms with Gasteiger partial charge in [0.05, 0.1) is 17.9 Å². The highest BCUT2D eigenvalue weighted by Gasteiger charge is 2.40. The highest BCUT2D eigenvalue weighted by Crippen LogP contribution is 2.41. The van der Waals surface area contributed by atoms with Gasteiger partial charge in [0.25, 0.3) is 5.91 Å². The van der Waals surface area contributed by atoms with Crippen LogP contribution in [-0.2, 0) is 16.0 Å². The largest absolute Gasteiger partial charge is 0.444 e. The molecule has 2 aromatic carbocycles. The lowest BCUT2D eigenvalue weighted by molar-refractivity contribution is -0.122. The summed E-state index contributed by atoms with van der Waals surface area (Å²) in [5, 5.41) is 9.40. The van der Waals surface area contributed by atoms with E-state index in [1.165, 1.54) is 0 Å². The van der Waals surface area contributed by atoms with Crippen LogP contribution >= 0.6 is 0 Å². The Hall–Kier alpha value is -4.14. The molecular formula is C31H35N5O4. The Morgan fingerprint density at radius 1 is 1.12 bits per heavy atom. The number of anilines is 1. The molecule has 9 heteroatoms. The SMILES string of the molecule is C=C1CCC(N2C(=O)c3cccc4c(Cc5cnn(C6CCN(C(=O)OC(C)(C)C)CC6)c5)ccc2c34)C(=O)N1. The normalized spacial score (nSPS) is 19.9. The molecule has 1 aromatic heterocycles. The zero-order valence-electron chi connectivity index (χ0n) is 23.3. The third kappa shape index (κ3) is 4.74. The maximum Gasteiger partial charge on any atom is 0.410 e. The lowest BCUT2D eigenvalue weighted by Gasteiger charge is -2.33. The first kappa shape index (κ1) is 26.1. The number of carbonyl (C=O) groups excluding carboxylic acids is 3. The molecule has 2 saturated heterocycles. The quantitative estimate of drug-likeness (QED) is 0.504. The molecule has 0 aliphatic carbocycles. The van der Waals surface area contributed by atoms with Crippen LogP contribution in [-0.4, -0.2) is 57.3 Å². The van der Waals surface area contributed by atoms with Crippen molar-refractivity contribution >= 4 is 34.4 Å². The smallest absolute Gasteiger partial charge is 0.410 e. The van der Waals surface area contributed by atoms with E-state index in [9.17, 15) is 14.4 Å². The fourth-order valence-electron chi connectivity index (χ4n) is 6.07. The summed E-state index contributed by atoms with van der Waals surface area (Å²) in [6.45, 7) is 10.8. The van der Waals surface area contributed by atoms with Gasteiger partial charge in [0.2, 0.25) is 5.91 Å². The molecule has 1 unspecified atom stereocenters. The number of benzene rings is 2. The third-order valence-electron chi connectivity index (χ3n) is 7.99. The molecule has 3 aliphatic rings. The number of nitrogens with zero attached hydrogens (tertiary/aromatic N) is 4. The van der Waals surface area contributed by atoms with Gasteiger partial charge in [-0.2, -0.15) is 5.10 Å². The Bertz CT molecular complexity index is 1530. The van der Waals surface area contributed by atoms with Gasteiger partial charge in [0.1, 0.15) is 11.6 Å². The van der Waals surface area contributed by atoms with Crippen molar-refractivity contribution in [2.24, 2.45) is 0 Å². The first-order valence-electron chi connectivity index (χ1n) is 14.0. The van der Waals surface area contributed by atoms with E-state index in [1.807, 2.05) is 55.9 Å². The fraction of sp³-hybridized carbons (Fsp3) is 0.419. The van der Waals surface area contributed by atoms with Crippen LogP contribution in [0.25, 0.3) is 10.8 Å². The minimum absolute atomic E-state index is 0.129. The van der Waals surface area contributed by atoms with Gasteiger partial charge < -0.3 is 15.0 Å². The van der Waals surface area contributed by atoms with Gasteiger partial charge >= 0.3 is 6.09 Å². The second-order valence-electron chi connectivity index (χ2n) is 12.0. The molecule has 3 aliphatic heterocycles. The summed E-state index contributed by atoms with van der Waals surface area (Å²) in [4.78, 5) is 42.1. The number of nitrogens with one attached hydrogen (secondary N) is 1. The maximum atomic E-state index is 13.5. The van der Waals surface area contributed by atoms with Crippen LogP contribution < -0.4 is 10.2 Å². The predicted molar refractivity (Wildman–Crippen MR) is 152 cm³/mol. The summed E-state index contributed by atoms with van der Waals surface area (Å²) >= 11 is 0. The molecule has 9 nitrogen and oxygen atoms in total.